The van der Waals surface area contributed by atoms with Gasteiger partial charge in [0.05, 0.1) is 17.8 Å². The quantitative estimate of drug-likeness (QED) is 0.696. The highest BCUT2D eigenvalue weighted by atomic mass is 35.5. The average molecular weight is 455 g/mol. The molecule has 30 heavy (non-hydrogen) atoms. The van der Waals surface area contributed by atoms with Crippen molar-refractivity contribution < 1.29 is 23.1 Å². The molecular formula is C19H17ClF2N4O3S. The molecule has 0 bridgehead atoms. The Hall–Kier alpha value is -2.17. The summed E-state index contributed by atoms with van der Waals surface area (Å²) in [6.07, 6.45) is 1.43. The van der Waals surface area contributed by atoms with Gasteiger partial charge < -0.3 is 14.5 Å². The van der Waals surface area contributed by atoms with Gasteiger partial charge in [0.1, 0.15) is 17.9 Å². The minimum absolute atomic E-state index is 0.0734. The van der Waals surface area contributed by atoms with Gasteiger partial charge in [-0.1, -0.05) is 11.6 Å². The van der Waals surface area contributed by atoms with Crippen LogP contribution in [-0.2, 0) is 9.53 Å². The van der Waals surface area contributed by atoms with Crippen LogP contribution in [0.3, 0.4) is 0 Å². The third-order valence-electron chi connectivity index (χ3n) is 6.10. The van der Waals surface area contributed by atoms with Crippen molar-refractivity contribution in [3.63, 3.8) is 0 Å². The van der Waals surface area contributed by atoms with Gasteiger partial charge in [-0.2, -0.15) is 8.75 Å². The highest BCUT2D eigenvalue weighted by Gasteiger charge is 2.58. The van der Waals surface area contributed by atoms with Crippen LogP contribution in [0.1, 0.15) is 47.8 Å². The molecule has 11 heteroatoms. The Morgan fingerprint density at radius 1 is 1.17 bits per heavy atom. The number of piperidine rings is 1. The number of hydrogen-bond donors (Lipinski definition) is 0. The number of ether oxygens (including phenoxy) is 1. The van der Waals surface area contributed by atoms with E-state index < -0.39 is 29.5 Å². The molecule has 158 valence electrons. The van der Waals surface area contributed by atoms with Crippen LogP contribution in [0.5, 0.6) is 0 Å². The van der Waals surface area contributed by atoms with Crippen molar-refractivity contribution in [2.24, 2.45) is 0 Å². The average Bonchev–Trinajstić information content (AvgIpc) is 3.38. The van der Waals surface area contributed by atoms with Crippen LogP contribution in [-0.4, -0.2) is 55.3 Å². The first kappa shape index (κ1) is 19.8. The van der Waals surface area contributed by atoms with Crippen molar-refractivity contribution in [3.8, 4) is 0 Å². The summed E-state index contributed by atoms with van der Waals surface area (Å²) in [5.74, 6) is -1.83. The summed E-state index contributed by atoms with van der Waals surface area (Å²) < 4.78 is 41.3. The molecule has 7 nitrogen and oxygen atoms in total. The number of aromatic nitrogens is 2. The van der Waals surface area contributed by atoms with Gasteiger partial charge in [0.15, 0.2) is 16.4 Å². The van der Waals surface area contributed by atoms with Crippen LogP contribution in [0.25, 0.3) is 0 Å². The van der Waals surface area contributed by atoms with E-state index in [1.165, 1.54) is 12.1 Å². The molecule has 4 heterocycles. The van der Waals surface area contributed by atoms with Gasteiger partial charge in [0.2, 0.25) is 0 Å². The van der Waals surface area contributed by atoms with E-state index in [9.17, 15) is 18.4 Å². The van der Waals surface area contributed by atoms with Crippen molar-refractivity contribution in [1.29, 1.82) is 0 Å². The van der Waals surface area contributed by atoms with E-state index in [0.717, 1.165) is 17.8 Å². The number of benzene rings is 1. The van der Waals surface area contributed by atoms with Crippen molar-refractivity contribution in [1.82, 2.24) is 18.5 Å². The lowest BCUT2D eigenvalue weighted by molar-refractivity contribution is -0.142. The molecule has 1 aromatic heterocycles. The fraction of sp³-hybridized carbons (Fsp3) is 0.474. The van der Waals surface area contributed by atoms with E-state index in [1.807, 2.05) is 0 Å². The number of halogens is 3. The number of fused-ring (bicyclic) bond motifs is 1. The van der Waals surface area contributed by atoms with Crippen molar-refractivity contribution in [2.45, 2.75) is 43.6 Å². The first-order valence-corrected chi connectivity index (χ1v) is 10.7. The smallest absolute Gasteiger partial charge is 0.276 e. The topological polar surface area (TPSA) is 75.6 Å². The standard InChI is InChI=1S/C19H17ClF2N4O3S/c20-16-15(23-30-24-16)17(27)25-5-3-19(4-6-25)18(28)26-13(1-2-14(26)29-19)10-7-11(21)9-12(22)8-10/h7-9,13-14H,1-6H2/t13-,14+/m0/s1. The summed E-state index contributed by atoms with van der Waals surface area (Å²) in [6, 6.07) is 2.92. The number of rotatable bonds is 2. The summed E-state index contributed by atoms with van der Waals surface area (Å²) >= 11 is 6.78. The molecule has 2 aromatic rings. The van der Waals surface area contributed by atoms with Gasteiger partial charge in [-0.25, -0.2) is 8.78 Å². The van der Waals surface area contributed by atoms with Crippen LogP contribution in [0.15, 0.2) is 18.2 Å². The minimum atomic E-state index is -1.02. The molecule has 1 aromatic carbocycles. The monoisotopic (exact) mass is 454 g/mol. The third-order valence-corrected chi connectivity index (χ3v) is 6.99. The van der Waals surface area contributed by atoms with Crippen LogP contribution in [0, 0.1) is 11.6 Å². The predicted molar refractivity (Wildman–Crippen MR) is 103 cm³/mol. The van der Waals surface area contributed by atoms with E-state index in [1.54, 1.807) is 9.80 Å². The minimum Gasteiger partial charge on any atom is -0.342 e. The summed E-state index contributed by atoms with van der Waals surface area (Å²) in [5.41, 5.74) is -0.469. The molecule has 3 aliphatic rings. The molecule has 0 radical (unpaired) electrons. The Bertz CT molecular complexity index is 1010. The van der Waals surface area contributed by atoms with Crippen molar-refractivity contribution in [3.05, 3.63) is 46.2 Å². The molecule has 1 spiro atoms. The van der Waals surface area contributed by atoms with Gasteiger partial charge >= 0.3 is 0 Å². The zero-order valence-electron chi connectivity index (χ0n) is 15.7. The second kappa shape index (κ2) is 7.21. The second-order valence-electron chi connectivity index (χ2n) is 7.77. The number of carbonyl (C=O) groups is 2. The van der Waals surface area contributed by atoms with E-state index in [2.05, 4.69) is 8.75 Å². The van der Waals surface area contributed by atoms with Crippen molar-refractivity contribution >= 4 is 35.1 Å². The van der Waals surface area contributed by atoms with Crippen LogP contribution >= 0.6 is 23.3 Å². The van der Waals surface area contributed by atoms with E-state index in [0.29, 0.717) is 44.3 Å². The highest BCUT2D eigenvalue weighted by molar-refractivity contribution is 6.99. The number of amides is 2. The maximum absolute atomic E-state index is 13.7. The fourth-order valence-corrected chi connectivity index (χ4v) is 5.38. The first-order chi connectivity index (χ1) is 14.4. The maximum atomic E-state index is 13.7. The zero-order chi connectivity index (χ0) is 21.0. The molecule has 5 rings (SSSR count). The molecule has 3 fully saturated rings. The molecule has 3 aliphatic heterocycles. The molecule has 0 N–H and O–H groups in total. The molecular weight excluding hydrogens is 438 g/mol. The van der Waals surface area contributed by atoms with Crippen LogP contribution in [0.2, 0.25) is 5.15 Å². The van der Waals surface area contributed by atoms with Gasteiger partial charge in [-0.05, 0) is 30.5 Å². The lowest BCUT2D eigenvalue weighted by Gasteiger charge is -2.37. The highest BCUT2D eigenvalue weighted by Crippen LogP contribution is 2.47. The van der Waals surface area contributed by atoms with Crippen molar-refractivity contribution in [2.75, 3.05) is 13.1 Å². The molecule has 2 atom stereocenters. The third kappa shape index (κ3) is 3.09. The van der Waals surface area contributed by atoms with Crippen LogP contribution < -0.4 is 0 Å². The first-order valence-electron chi connectivity index (χ1n) is 9.62. The SMILES string of the molecule is O=C(c1nsnc1Cl)N1CCC2(CC1)O[C@@H]1CC[C@@H](c3cc(F)cc(F)c3)N1C2=O. The van der Waals surface area contributed by atoms with Gasteiger partial charge in [0, 0.05) is 32.0 Å². The molecule has 0 saturated carbocycles. The van der Waals surface area contributed by atoms with Crippen LogP contribution in [0.4, 0.5) is 8.78 Å². The Labute approximate surface area is 179 Å². The second-order valence-corrected chi connectivity index (χ2v) is 8.66. The van der Waals surface area contributed by atoms with Gasteiger partial charge in [0.25, 0.3) is 11.8 Å². The largest absolute Gasteiger partial charge is 0.342 e. The maximum Gasteiger partial charge on any atom is 0.276 e. The number of nitrogens with zero attached hydrogens (tertiary/aromatic N) is 4. The summed E-state index contributed by atoms with van der Waals surface area (Å²) in [4.78, 5) is 29.2. The molecule has 3 saturated heterocycles. The van der Waals surface area contributed by atoms with Gasteiger partial charge in [-0.3, -0.25) is 9.59 Å². The number of carbonyl (C=O) groups excluding carboxylic acids is 2. The lowest BCUT2D eigenvalue weighted by atomic mass is 9.89. The van der Waals surface area contributed by atoms with Gasteiger partial charge in [-0.15, -0.1) is 0 Å². The molecule has 0 unspecified atom stereocenters. The van der Waals surface area contributed by atoms with E-state index >= 15 is 0 Å². The number of likely N-dealkylation sites (tertiary alicyclic amines) is 1. The summed E-state index contributed by atoms with van der Waals surface area (Å²) in [7, 11) is 0. The Balaban J connectivity index is 1.33. The summed E-state index contributed by atoms with van der Waals surface area (Å²) in [5, 5.41) is 0.0734. The molecule has 0 aliphatic carbocycles. The zero-order valence-corrected chi connectivity index (χ0v) is 17.3. The Morgan fingerprint density at radius 2 is 1.87 bits per heavy atom. The fourth-order valence-electron chi connectivity index (χ4n) is 4.67. The summed E-state index contributed by atoms with van der Waals surface area (Å²) in [6.45, 7) is 0.635. The Kier molecular flexibility index (Phi) is 4.75. The molecule has 2 amide bonds. The van der Waals surface area contributed by atoms with E-state index in [-0.39, 0.29) is 22.7 Å². The number of hydrogen-bond acceptors (Lipinski definition) is 6. The normalized spacial score (nSPS) is 25.2. The lowest BCUT2D eigenvalue weighted by Crippen LogP contribution is -2.51. The predicted octanol–water partition coefficient (Wildman–Crippen LogP) is 3.16. The van der Waals surface area contributed by atoms with E-state index in [4.69, 9.17) is 16.3 Å². The Morgan fingerprint density at radius 3 is 2.50 bits per heavy atom.